The lowest BCUT2D eigenvalue weighted by molar-refractivity contribution is 0.0950. The van der Waals surface area contributed by atoms with E-state index in [0.29, 0.717) is 16.3 Å². The lowest BCUT2D eigenvalue weighted by Crippen LogP contribution is -2.17. The number of hydrazone groups is 1. The number of carbonyl (C=O) groups is 1. The Hall–Kier alpha value is -2.99. The maximum Gasteiger partial charge on any atom is 0.289 e. The fraction of sp³-hybridized carbons (Fsp3) is 0. The van der Waals surface area contributed by atoms with Gasteiger partial charge < -0.3 is 0 Å². The van der Waals surface area contributed by atoms with Gasteiger partial charge in [-0.05, 0) is 35.9 Å². The van der Waals surface area contributed by atoms with Gasteiger partial charge in [0, 0.05) is 10.6 Å². The molecule has 1 aromatic heterocycles. The van der Waals surface area contributed by atoms with Crippen LogP contribution < -0.4 is 5.43 Å². The second-order valence-corrected chi connectivity index (χ2v) is 5.36. The molecule has 0 bridgehead atoms. The number of aromatic nitrogens is 2. The first-order chi connectivity index (χ1) is 11.6. The van der Waals surface area contributed by atoms with E-state index < -0.39 is 5.91 Å². The van der Waals surface area contributed by atoms with Crippen molar-refractivity contribution in [3.63, 3.8) is 0 Å². The third-order valence-electron chi connectivity index (χ3n) is 3.21. The predicted octanol–water partition coefficient (Wildman–Crippen LogP) is 3.63. The monoisotopic (exact) mass is 342 g/mol. The minimum atomic E-state index is -0.430. The third kappa shape index (κ3) is 3.85. The molecule has 120 valence electrons. The Kier molecular flexibility index (Phi) is 4.67. The maximum atomic E-state index is 12.8. The number of benzene rings is 2. The highest BCUT2D eigenvalue weighted by Crippen LogP contribution is 2.20. The van der Waals surface area contributed by atoms with Crippen molar-refractivity contribution in [3.8, 4) is 11.3 Å². The molecule has 0 saturated heterocycles. The van der Waals surface area contributed by atoms with Gasteiger partial charge in [0.1, 0.15) is 11.5 Å². The Balaban J connectivity index is 1.65. The lowest BCUT2D eigenvalue weighted by Gasteiger charge is -1.96. The van der Waals surface area contributed by atoms with E-state index in [9.17, 15) is 9.18 Å². The summed E-state index contributed by atoms with van der Waals surface area (Å²) >= 11 is 5.84. The van der Waals surface area contributed by atoms with Gasteiger partial charge in [-0.15, -0.1) is 0 Å². The molecule has 0 aliphatic carbocycles. The van der Waals surface area contributed by atoms with Crippen molar-refractivity contribution in [3.05, 3.63) is 76.7 Å². The highest BCUT2D eigenvalue weighted by molar-refractivity contribution is 6.30. The van der Waals surface area contributed by atoms with Crippen LogP contribution in [0.5, 0.6) is 0 Å². The molecule has 0 spiro atoms. The summed E-state index contributed by atoms with van der Waals surface area (Å²) in [5.74, 6) is -0.760. The molecule has 0 fully saturated rings. The average Bonchev–Trinajstić information content (AvgIpc) is 3.07. The fourth-order valence-electron chi connectivity index (χ4n) is 1.98. The highest BCUT2D eigenvalue weighted by Gasteiger charge is 2.10. The first kappa shape index (κ1) is 15.9. The topological polar surface area (TPSA) is 70.1 Å². The van der Waals surface area contributed by atoms with Gasteiger partial charge in [0.2, 0.25) is 0 Å². The molecular weight excluding hydrogens is 331 g/mol. The standard InChI is InChI=1S/C17H12ClFN4O/c18-13-5-3-12(4-6-13)15-9-16(22-21-15)17(24)23-20-10-11-1-7-14(19)8-2-11/h1-10H,(H,21,22)(H,23,24). The summed E-state index contributed by atoms with van der Waals surface area (Å²) in [6.07, 6.45) is 1.42. The van der Waals surface area contributed by atoms with Crippen LogP contribution in [0.2, 0.25) is 5.02 Å². The zero-order valence-corrected chi connectivity index (χ0v) is 13.1. The molecule has 2 N–H and O–H groups in total. The second kappa shape index (κ2) is 7.06. The zero-order valence-electron chi connectivity index (χ0n) is 12.3. The van der Waals surface area contributed by atoms with Gasteiger partial charge in [-0.2, -0.15) is 10.2 Å². The van der Waals surface area contributed by atoms with Crippen LogP contribution in [-0.4, -0.2) is 22.3 Å². The largest absolute Gasteiger partial charge is 0.289 e. The van der Waals surface area contributed by atoms with Gasteiger partial charge in [-0.1, -0.05) is 35.9 Å². The van der Waals surface area contributed by atoms with Crippen LogP contribution in [0.25, 0.3) is 11.3 Å². The molecule has 0 aliphatic rings. The first-order valence-corrected chi connectivity index (χ1v) is 7.40. The first-order valence-electron chi connectivity index (χ1n) is 7.02. The molecule has 2 aromatic carbocycles. The van der Waals surface area contributed by atoms with Crippen LogP contribution >= 0.6 is 11.6 Å². The Morgan fingerprint density at radius 2 is 1.88 bits per heavy atom. The molecule has 3 aromatic rings. The predicted molar refractivity (Wildman–Crippen MR) is 90.5 cm³/mol. The second-order valence-electron chi connectivity index (χ2n) is 4.92. The van der Waals surface area contributed by atoms with E-state index in [1.165, 1.54) is 18.3 Å². The van der Waals surface area contributed by atoms with Crippen LogP contribution in [0, 0.1) is 5.82 Å². The van der Waals surface area contributed by atoms with Crippen LogP contribution in [0.1, 0.15) is 16.1 Å². The number of aromatic amines is 1. The average molecular weight is 343 g/mol. The fourth-order valence-corrected chi connectivity index (χ4v) is 2.11. The van der Waals surface area contributed by atoms with Crippen molar-refractivity contribution in [1.82, 2.24) is 15.6 Å². The summed E-state index contributed by atoms with van der Waals surface area (Å²) in [5.41, 5.74) is 4.79. The van der Waals surface area contributed by atoms with E-state index in [1.807, 2.05) is 12.1 Å². The summed E-state index contributed by atoms with van der Waals surface area (Å²) in [6, 6.07) is 14.5. The van der Waals surface area contributed by atoms with Crippen LogP contribution in [0.4, 0.5) is 4.39 Å². The van der Waals surface area contributed by atoms with E-state index in [0.717, 1.165) is 5.56 Å². The molecule has 0 aliphatic heterocycles. The van der Waals surface area contributed by atoms with Crippen molar-refractivity contribution in [2.24, 2.45) is 5.10 Å². The molecule has 7 heteroatoms. The number of hydrogen-bond donors (Lipinski definition) is 2. The van der Waals surface area contributed by atoms with Crippen LogP contribution in [-0.2, 0) is 0 Å². The number of carbonyl (C=O) groups excluding carboxylic acids is 1. The minimum Gasteiger partial charge on any atom is -0.272 e. The number of nitrogens with one attached hydrogen (secondary N) is 2. The van der Waals surface area contributed by atoms with Crippen molar-refractivity contribution in [2.75, 3.05) is 0 Å². The number of amides is 1. The summed E-state index contributed by atoms with van der Waals surface area (Å²) in [6.45, 7) is 0. The number of H-pyrrole nitrogens is 1. The van der Waals surface area contributed by atoms with Crippen LogP contribution in [0.15, 0.2) is 59.7 Å². The SMILES string of the molecule is O=C(NN=Cc1ccc(F)cc1)c1cc(-c2ccc(Cl)cc2)n[nH]1. The Bertz CT molecular complexity index is 872. The summed E-state index contributed by atoms with van der Waals surface area (Å²) in [4.78, 5) is 12.0. The van der Waals surface area contributed by atoms with E-state index in [2.05, 4.69) is 20.7 Å². The van der Waals surface area contributed by atoms with E-state index >= 15 is 0 Å². The molecule has 0 atom stereocenters. The van der Waals surface area contributed by atoms with Crippen molar-refractivity contribution >= 4 is 23.7 Å². The van der Waals surface area contributed by atoms with Crippen molar-refractivity contribution < 1.29 is 9.18 Å². The Labute approximate surface area is 142 Å². The molecule has 5 nitrogen and oxygen atoms in total. The van der Waals surface area contributed by atoms with Crippen molar-refractivity contribution in [1.29, 1.82) is 0 Å². The van der Waals surface area contributed by atoms with Gasteiger partial charge in [0.15, 0.2) is 0 Å². The summed E-state index contributed by atoms with van der Waals surface area (Å²) in [5, 5.41) is 11.2. The number of nitrogens with zero attached hydrogens (tertiary/aromatic N) is 2. The molecule has 24 heavy (non-hydrogen) atoms. The molecule has 1 amide bonds. The summed E-state index contributed by atoms with van der Waals surface area (Å²) in [7, 11) is 0. The molecule has 3 rings (SSSR count). The smallest absolute Gasteiger partial charge is 0.272 e. The molecule has 0 radical (unpaired) electrons. The molecular formula is C17H12ClFN4O. The van der Waals surface area contributed by atoms with Gasteiger partial charge in [-0.25, -0.2) is 9.82 Å². The third-order valence-corrected chi connectivity index (χ3v) is 3.46. The normalized spacial score (nSPS) is 10.9. The maximum absolute atomic E-state index is 12.8. The quantitative estimate of drug-likeness (QED) is 0.561. The molecule has 0 unspecified atom stereocenters. The number of rotatable bonds is 4. The number of hydrogen-bond acceptors (Lipinski definition) is 3. The molecule has 0 saturated carbocycles. The van der Waals surface area contributed by atoms with Crippen LogP contribution in [0.3, 0.4) is 0 Å². The highest BCUT2D eigenvalue weighted by atomic mass is 35.5. The minimum absolute atomic E-state index is 0.274. The number of halogens is 2. The van der Waals surface area contributed by atoms with Gasteiger partial charge in [0.05, 0.1) is 11.9 Å². The Morgan fingerprint density at radius 3 is 2.58 bits per heavy atom. The Morgan fingerprint density at radius 1 is 1.17 bits per heavy atom. The zero-order chi connectivity index (χ0) is 16.9. The van der Waals surface area contributed by atoms with Gasteiger partial charge in [-0.3, -0.25) is 9.89 Å². The van der Waals surface area contributed by atoms with Gasteiger partial charge in [0.25, 0.3) is 5.91 Å². The van der Waals surface area contributed by atoms with Crippen molar-refractivity contribution in [2.45, 2.75) is 0 Å². The summed E-state index contributed by atoms with van der Waals surface area (Å²) < 4.78 is 12.8. The van der Waals surface area contributed by atoms with Gasteiger partial charge >= 0.3 is 0 Å². The van der Waals surface area contributed by atoms with E-state index in [-0.39, 0.29) is 11.5 Å². The molecule has 1 heterocycles. The van der Waals surface area contributed by atoms with E-state index in [1.54, 1.807) is 30.3 Å². The van der Waals surface area contributed by atoms with E-state index in [4.69, 9.17) is 11.6 Å². The lowest BCUT2D eigenvalue weighted by atomic mass is 10.1.